The molecule has 0 saturated heterocycles. The van der Waals surface area contributed by atoms with E-state index in [1.54, 1.807) is 13.0 Å². The molecular weight excluding hydrogens is 287 g/mol. The number of rotatable bonds is 3. The molecule has 0 bridgehead atoms. The first kappa shape index (κ1) is 15.6. The Bertz CT molecular complexity index is 716. The molecule has 0 unspecified atom stereocenters. The Morgan fingerprint density at radius 2 is 2.18 bits per heavy atom. The summed E-state index contributed by atoms with van der Waals surface area (Å²) in [6, 6.07) is 7.82. The zero-order valence-corrected chi connectivity index (χ0v) is 12.2. The lowest BCUT2D eigenvalue weighted by atomic mass is 9.82. The van der Waals surface area contributed by atoms with E-state index >= 15 is 0 Å². The predicted molar refractivity (Wildman–Crippen MR) is 76.4 cm³/mol. The number of ether oxygens (including phenoxy) is 2. The zero-order chi connectivity index (χ0) is 16.3. The summed E-state index contributed by atoms with van der Waals surface area (Å²) >= 11 is 0. The minimum atomic E-state index is -0.942. The van der Waals surface area contributed by atoms with Gasteiger partial charge < -0.3 is 15.2 Å². The number of carbonyl (C=O) groups is 1. The van der Waals surface area contributed by atoms with Gasteiger partial charge in [0.25, 0.3) is 0 Å². The average Bonchev–Trinajstić information content (AvgIpc) is 2.53. The number of esters is 1. The quantitative estimate of drug-likeness (QED) is 0.867. The molecule has 1 atom stereocenters. The van der Waals surface area contributed by atoms with Gasteiger partial charge in [0.15, 0.2) is 0 Å². The summed E-state index contributed by atoms with van der Waals surface area (Å²) in [5.74, 6) is -2.00. The third-order valence-corrected chi connectivity index (χ3v) is 3.44. The van der Waals surface area contributed by atoms with E-state index in [9.17, 15) is 14.4 Å². The molecule has 0 fully saturated rings. The van der Waals surface area contributed by atoms with E-state index in [4.69, 9.17) is 15.2 Å². The first-order chi connectivity index (χ1) is 10.5. The third-order valence-electron chi connectivity index (χ3n) is 3.44. The van der Waals surface area contributed by atoms with Crippen LogP contribution >= 0.6 is 0 Å². The van der Waals surface area contributed by atoms with Crippen LogP contribution in [0.4, 0.5) is 4.39 Å². The number of nitrogens with zero attached hydrogens (tertiary/aromatic N) is 1. The minimum absolute atomic E-state index is 0.0114. The van der Waals surface area contributed by atoms with Gasteiger partial charge in [-0.3, -0.25) is 0 Å². The first-order valence-corrected chi connectivity index (χ1v) is 6.68. The summed E-state index contributed by atoms with van der Waals surface area (Å²) < 4.78 is 24.3. The van der Waals surface area contributed by atoms with Crippen molar-refractivity contribution < 1.29 is 18.7 Å². The maximum Gasteiger partial charge on any atom is 0.338 e. The number of methoxy groups -OCH3 is 1. The topological polar surface area (TPSA) is 85.3 Å². The molecule has 1 aromatic carbocycles. The second-order valence-electron chi connectivity index (χ2n) is 4.63. The van der Waals surface area contributed by atoms with E-state index in [1.165, 1.54) is 25.3 Å². The molecule has 0 amide bonds. The SMILES string of the molecule is CCC1=C(C(=O)OC)[C@H](c2ccccc2F)C(C#N)=C(N)O1. The molecule has 6 heteroatoms. The molecule has 0 aliphatic carbocycles. The Morgan fingerprint density at radius 3 is 2.73 bits per heavy atom. The number of carbonyl (C=O) groups excluding carboxylic acids is 1. The molecular formula is C16H15FN2O3. The van der Waals surface area contributed by atoms with Crippen molar-refractivity contribution in [3.05, 3.63) is 58.4 Å². The summed E-state index contributed by atoms with van der Waals surface area (Å²) in [7, 11) is 1.22. The maximum atomic E-state index is 14.2. The fourth-order valence-corrected chi connectivity index (χ4v) is 2.43. The van der Waals surface area contributed by atoms with Gasteiger partial charge in [-0.15, -0.1) is 0 Å². The minimum Gasteiger partial charge on any atom is -0.466 e. The zero-order valence-electron chi connectivity index (χ0n) is 12.2. The lowest BCUT2D eigenvalue weighted by Crippen LogP contribution is -2.26. The molecule has 22 heavy (non-hydrogen) atoms. The molecule has 1 heterocycles. The van der Waals surface area contributed by atoms with Crippen LogP contribution in [-0.4, -0.2) is 13.1 Å². The fraction of sp³-hybridized carbons (Fsp3) is 0.250. The molecule has 1 aliphatic heterocycles. The number of nitrogens with two attached hydrogens (primary N) is 1. The Kier molecular flexibility index (Phi) is 4.47. The van der Waals surface area contributed by atoms with Crippen molar-refractivity contribution >= 4 is 5.97 Å². The maximum absolute atomic E-state index is 14.2. The molecule has 0 spiro atoms. The molecule has 0 saturated carbocycles. The monoisotopic (exact) mass is 302 g/mol. The number of hydrogen-bond acceptors (Lipinski definition) is 5. The van der Waals surface area contributed by atoms with Gasteiger partial charge >= 0.3 is 5.97 Å². The third kappa shape index (κ3) is 2.53. The smallest absolute Gasteiger partial charge is 0.338 e. The molecule has 114 valence electrons. The molecule has 0 aromatic heterocycles. The van der Waals surface area contributed by atoms with Gasteiger partial charge in [0, 0.05) is 12.0 Å². The summed E-state index contributed by atoms with van der Waals surface area (Å²) in [5.41, 5.74) is 6.03. The van der Waals surface area contributed by atoms with Crippen LogP contribution in [0.2, 0.25) is 0 Å². The molecule has 2 rings (SSSR count). The highest BCUT2D eigenvalue weighted by atomic mass is 19.1. The Hall–Kier alpha value is -2.81. The number of hydrogen-bond donors (Lipinski definition) is 1. The lowest BCUT2D eigenvalue weighted by molar-refractivity contribution is -0.136. The highest BCUT2D eigenvalue weighted by molar-refractivity contribution is 5.92. The predicted octanol–water partition coefficient (Wildman–Crippen LogP) is 2.47. The fourth-order valence-electron chi connectivity index (χ4n) is 2.43. The number of allylic oxidation sites excluding steroid dienone is 2. The van der Waals surface area contributed by atoms with Crippen molar-refractivity contribution in [1.82, 2.24) is 0 Å². The second-order valence-corrected chi connectivity index (χ2v) is 4.63. The molecule has 2 N–H and O–H groups in total. The standard InChI is InChI=1S/C16H15FN2O3/c1-3-12-14(16(20)21-2)13(10(8-18)15(19)22-12)9-6-4-5-7-11(9)17/h4-7,13H,3,19H2,1-2H3/t13-/m1/s1. The van der Waals surface area contributed by atoms with Crippen molar-refractivity contribution in [3.63, 3.8) is 0 Å². The summed E-state index contributed by atoms with van der Waals surface area (Å²) in [5, 5.41) is 9.35. The summed E-state index contributed by atoms with van der Waals surface area (Å²) in [6.45, 7) is 1.77. The highest BCUT2D eigenvalue weighted by Crippen LogP contribution is 2.41. The molecule has 0 radical (unpaired) electrons. The van der Waals surface area contributed by atoms with Gasteiger partial charge in [-0.1, -0.05) is 25.1 Å². The highest BCUT2D eigenvalue weighted by Gasteiger charge is 2.37. The van der Waals surface area contributed by atoms with Crippen LogP contribution < -0.4 is 5.73 Å². The van der Waals surface area contributed by atoms with Crippen molar-refractivity contribution in [3.8, 4) is 6.07 Å². The van der Waals surface area contributed by atoms with E-state index in [-0.39, 0.29) is 28.4 Å². The van der Waals surface area contributed by atoms with Gasteiger partial charge in [-0.25, -0.2) is 9.18 Å². The van der Waals surface area contributed by atoms with Crippen LogP contribution in [-0.2, 0) is 14.3 Å². The number of halogens is 1. The van der Waals surface area contributed by atoms with E-state index < -0.39 is 17.7 Å². The van der Waals surface area contributed by atoms with Crippen molar-refractivity contribution in [2.75, 3.05) is 7.11 Å². The van der Waals surface area contributed by atoms with Gasteiger partial charge in [-0.2, -0.15) is 5.26 Å². The second kappa shape index (κ2) is 6.31. The van der Waals surface area contributed by atoms with Crippen LogP contribution in [0.5, 0.6) is 0 Å². The normalized spacial score (nSPS) is 17.8. The van der Waals surface area contributed by atoms with E-state index in [2.05, 4.69) is 0 Å². The van der Waals surface area contributed by atoms with Gasteiger partial charge in [-0.05, 0) is 6.07 Å². The largest absolute Gasteiger partial charge is 0.466 e. The van der Waals surface area contributed by atoms with Crippen LogP contribution in [0, 0.1) is 17.1 Å². The average molecular weight is 302 g/mol. The van der Waals surface area contributed by atoms with Gasteiger partial charge in [0.05, 0.1) is 18.6 Å². The van der Waals surface area contributed by atoms with Crippen molar-refractivity contribution in [2.45, 2.75) is 19.3 Å². The van der Waals surface area contributed by atoms with Crippen molar-refractivity contribution in [1.29, 1.82) is 5.26 Å². The van der Waals surface area contributed by atoms with Gasteiger partial charge in [0.1, 0.15) is 23.2 Å². The van der Waals surface area contributed by atoms with Crippen LogP contribution in [0.15, 0.2) is 47.1 Å². The first-order valence-electron chi connectivity index (χ1n) is 6.68. The molecule has 5 nitrogen and oxygen atoms in total. The van der Waals surface area contributed by atoms with Crippen LogP contribution in [0.25, 0.3) is 0 Å². The number of benzene rings is 1. The van der Waals surface area contributed by atoms with E-state index in [0.717, 1.165) is 0 Å². The Balaban J connectivity index is 2.73. The number of nitriles is 1. The summed E-state index contributed by atoms with van der Waals surface area (Å²) in [4.78, 5) is 12.1. The molecule has 1 aliphatic rings. The Labute approximate surface area is 127 Å². The van der Waals surface area contributed by atoms with Gasteiger partial charge in [0.2, 0.25) is 5.88 Å². The Morgan fingerprint density at radius 1 is 1.50 bits per heavy atom. The van der Waals surface area contributed by atoms with Crippen LogP contribution in [0.3, 0.4) is 0 Å². The lowest BCUT2D eigenvalue weighted by Gasteiger charge is -2.27. The van der Waals surface area contributed by atoms with E-state index in [0.29, 0.717) is 6.42 Å². The van der Waals surface area contributed by atoms with Crippen LogP contribution in [0.1, 0.15) is 24.8 Å². The van der Waals surface area contributed by atoms with Crippen molar-refractivity contribution in [2.24, 2.45) is 5.73 Å². The summed E-state index contributed by atoms with van der Waals surface area (Å²) in [6.07, 6.45) is 0.356. The van der Waals surface area contributed by atoms with E-state index in [1.807, 2.05) is 6.07 Å². The molecule has 1 aromatic rings.